The zero-order valence-electron chi connectivity index (χ0n) is 16.7. The number of imidazole rings is 1. The number of aliphatic hydroxyl groups is 1. The molecular formula is C23H26N4O2. The first-order valence-electron chi connectivity index (χ1n) is 10.6. The van der Waals surface area contributed by atoms with Gasteiger partial charge in [0.1, 0.15) is 18.7 Å². The Morgan fingerprint density at radius 3 is 2.93 bits per heavy atom. The monoisotopic (exact) mass is 390 g/mol. The topological polar surface area (TPSA) is 70.7 Å². The van der Waals surface area contributed by atoms with E-state index in [9.17, 15) is 9.90 Å². The van der Waals surface area contributed by atoms with Crippen molar-refractivity contribution in [3.63, 3.8) is 0 Å². The van der Waals surface area contributed by atoms with Gasteiger partial charge in [-0.3, -0.25) is 14.4 Å². The van der Waals surface area contributed by atoms with Crippen molar-refractivity contribution >= 4 is 17.4 Å². The Kier molecular flexibility index (Phi) is 4.59. The fourth-order valence-corrected chi connectivity index (χ4v) is 4.50. The average Bonchev–Trinajstić information content (AvgIpc) is 3.10. The van der Waals surface area contributed by atoms with Gasteiger partial charge in [0, 0.05) is 30.3 Å². The largest absolute Gasteiger partial charge is 0.388 e. The smallest absolute Gasteiger partial charge is 0.248 e. The van der Waals surface area contributed by atoms with E-state index >= 15 is 0 Å². The van der Waals surface area contributed by atoms with Gasteiger partial charge < -0.3 is 10.0 Å². The minimum Gasteiger partial charge on any atom is -0.388 e. The van der Waals surface area contributed by atoms with E-state index in [2.05, 4.69) is 16.2 Å². The van der Waals surface area contributed by atoms with E-state index < -0.39 is 6.10 Å². The highest BCUT2D eigenvalue weighted by Crippen LogP contribution is 2.36. The highest BCUT2D eigenvalue weighted by molar-refractivity contribution is 6.06. The Labute approximate surface area is 170 Å². The van der Waals surface area contributed by atoms with Gasteiger partial charge in [0.05, 0.1) is 17.5 Å². The maximum Gasteiger partial charge on any atom is 0.248 e. The molecule has 0 saturated heterocycles. The molecule has 1 aliphatic carbocycles. The number of hydrogen-bond donors (Lipinski definition) is 1. The molecule has 1 saturated carbocycles. The molecule has 6 heteroatoms. The molecule has 2 aliphatic heterocycles. The summed E-state index contributed by atoms with van der Waals surface area (Å²) in [7, 11) is 0. The van der Waals surface area contributed by atoms with Crippen LogP contribution in [-0.4, -0.2) is 44.4 Å². The number of benzene rings is 1. The van der Waals surface area contributed by atoms with E-state index in [0.29, 0.717) is 18.9 Å². The predicted molar refractivity (Wildman–Crippen MR) is 112 cm³/mol. The predicted octanol–water partition coefficient (Wildman–Crippen LogP) is 3.28. The maximum atomic E-state index is 12.8. The molecule has 1 amide bonds. The van der Waals surface area contributed by atoms with Gasteiger partial charge in [0.2, 0.25) is 5.91 Å². The summed E-state index contributed by atoms with van der Waals surface area (Å²) in [4.78, 5) is 23.8. The number of fused-ring (bicyclic) bond motifs is 3. The zero-order chi connectivity index (χ0) is 20.0. The second-order valence-corrected chi connectivity index (χ2v) is 8.13. The molecule has 1 unspecified atom stereocenters. The van der Waals surface area contributed by atoms with Gasteiger partial charge in [-0.05, 0) is 36.8 Å². The van der Waals surface area contributed by atoms with E-state index in [-0.39, 0.29) is 12.5 Å². The number of aromatic nitrogens is 2. The lowest BCUT2D eigenvalue weighted by Crippen LogP contribution is -2.36. The highest BCUT2D eigenvalue weighted by atomic mass is 16.3. The number of nitrogens with zero attached hydrogens (tertiary/aromatic N) is 4. The molecule has 5 rings (SSSR count). The van der Waals surface area contributed by atoms with Crippen molar-refractivity contribution in [2.75, 3.05) is 13.1 Å². The first-order valence-corrected chi connectivity index (χ1v) is 10.6. The van der Waals surface area contributed by atoms with Crippen LogP contribution in [0.1, 0.15) is 67.0 Å². The molecule has 150 valence electrons. The number of amides is 1. The van der Waals surface area contributed by atoms with E-state index in [0.717, 1.165) is 40.3 Å². The fourth-order valence-electron chi connectivity index (χ4n) is 4.50. The van der Waals surface area contributed by atoms with Crippen LogP contribution in [0.4, 0.5) is 0 Å². The number of aliphatic imine (C=N–C) groups is 1. The van der Waals surface area contributed by atoms with Crippen LogP contribution < -0.4 is 0 Å². The van der Waals surface area contributed by atoms with Crippen LogP contribution in [0.5, 0.6) is 0 Å². The van der Waals surface area contributed by atoms with E-state index in [4.69, 9.17) is 0 Å². The summed E-state index contributed by atoms with van der Waals surface area (Å²) in [6.07, 6.45) is 10.5. The number of allylic oxidation sites excluding steroid dienone is 1. The molecule has 0 radical (unpaired) electrons. The van der Waals surface area contributed by atoms with Crippen molar-refractivity contribution in [1.82, 2.24) is 14.5 Å². The van der Waals surface area contributed by atoms with Crippen LogP contribution in [0.3, 0.4) is 0 Å². The third-order valence-electron chi connectivity index (χ3n) is 6.44. The number of carbonyl (C=O) groups excluding carboxylic acids is 1. The minimum atomic E-state index is -0.481. The minimum absolute atomic E-state index is 0.0117. The number of aliphatic hydroxyl groups excluding tert-OH is 1. The zero-order valence-corrected chi connectivity index (χ0v) is 16.7. The standard InChI is InChI=1S/C23H26N4O2/c1-2-21(28)18-8-4-7-17-16(18)9-10-27-20(17)11-22(24-12-23(27)29)26-13-19(25-14-26)15-5-3-6-15/h4,7-8,11,13-15,21,28H,2-3,5-6,9-10,12H2,1H3. The van der Waals surface area contributed by atoms with Gasteiger partial charge in [-0.1, -0.05) is 31.5 Å². The molecule has 2 aromatic rings. The van der Waals surface area contributed by atoms with Crippen molar-refractivity contribution in [2.45, 2.75) is 51.0 Å². The molecule has 29 heavy (non-hydrogen) atoms. The Balaban J connectivity index is 1.57. The van der Waals surface area contributed by atoms with Crippen molar-refractivity contribution in [3.8, 4) is 0 Å². The SMILES string of the molecule is CCC(O)c1cccc2c1CCN1C(=O)CN=C(n3cnc(C4CCC4)c3)C=C21. The van der Waals surface area contributed by atoms with Crippen LogP contribution >= 0.6 is 0 Å². The summed E-state index contributed by atoms with van der Waals surface area (Å²) in [5, 5.41) is 10.5. The molecule has 0 bridgehead atoms. The lowest BCUT2D eigenvalue weighted by molar-refractivity contribution is -0.126. The average molecular weight is 390 g/mol. The Morgan fingerprint density at radius 2 is 2.17 bits per heavy atom. The van der Waals surface area contributed by atoms with Gasteiger partial charge in [-0.25, -0.2) is 4.98 Å². The first kappa shape index (κ1) is 18.3. The molecule has 1 fully saturated rings. The quantitative estimate of drug-likeness (QED) is 0.874. The summed E-state index contributed by atoms with van der Waals surface area (Å²) in [6, 6.07) is 6.01. The lowest BCUT2D eigenvalue weighted by atomic mass is 9.83. The fraction of sp³-hybridized carbons (Fsp3) is 0.435. The van der Waals surface area contributed by atoms with Crippen molar-refractivity contribution in [2.24, 2.45) is 4.99 Å². The highest BCUT2D eigenvalue weighted by Gasteiger charge is 2.30. The Morgan fingerprint density at radius 1 is 1.31 bits per heavy atom. The molecular weight excluding hydrogens is 364 g/mol. The van der Waals surface area contributed by atoms with E-state index in [1.807, 2.05) is 47.0 Å². The van der Waals surface area contributed by atoms with Gasteiger partial charge in [-0.2, -0.15) is 0 Å². The summed E-state index contributed by atoms with van der Waals surface area (Å²) >= 11 is 0. The summed E-state index contributed by atoms with van der Waals surface area (Å²) in [5.41, 5.74) is 5.11. The Hall–Kier alpha value is -2.73. The summed E-state index contributed by atoms with van der Waals surface area (Å²) in [6.45, 7) is 2.74. The van der Waals surface area contributed by atoms with Gasteiger partial charge in [-0.15, -0.1) is 0 Å². The molecule has 1 N–H and O–H groups in total. The van der Waals surface area contributed by atoms with Gasteiger partial charge in [0.15, 0.2) is 0 Å². The van der Waals surface area contributed by atoms with Crippen LogP contribution in [0, 0.1) is 0 Å². The van der Waals surface area contributed by atoms with E-state index in [1.165, 1.54) is 19.3 Å². The number of hydrogen-bond acceptors (Lipinski definition) is 4. The van der Waals surface area contributed by atoms with Crippen LogP contribution in [0.2, 0.25) is 0 Å². The Bertz CT molecular complexity index is 1020. The summed E-state index contributed by atoms with van der Waals surface area (Å²) < 4.78 is 1.94. The molecule has 3 heterocycles. The second kappa shape index (κ2) is 7.26. The first-order chi connectivity index (χ1) is 14.2. The number of rotatable bonds is 3. The molecule has 3 aliphatic rings. The van der Waals surface area contributed by atoms with Gasteiger partial charge >= 0.3 is 0 Å². The van der Waals surface area contributed by atoms with Crippen molar-refractivity contribution in [3.05, 3.63) is 59.2 Å². The number of carbonyl (C=O) groups is 1. The molecule has 1 aromatic heterocycles. The molecule has 1 atom stereocenters. The van der Waals surface area contributed by atoms with Crippen molar-refractivity contribution in [1.29, 1.82) is 0 Å². The van der Waals surface area contributed by atoms with Crippen LogP contribution in [0.15, 0.2) is 41.8 Å². The lowest BCUT2D eigenvalue weighted by Gasteiger charge is -2.32. The van der Waals surface area contributed by atoms with E-state index in [1.54, 1.807) is 0 Å². The van der Waals surface area contributed by atoms with Crippen LogP contribution in [0.25, 0.3) is 5.70 Å². The van der Waals surface area contributed by atoms with Gasteiger partial charge in [0.25, 0.3) is 0 Å². The molecule has 6 nitrogen and oxygen atoms in total. The van der Waals surface area contributed by atoms with Crippen LogP contribution in [-0.2, 0) is 11.2 Å². The second-order valence-electron chi connectivity index (χ2n) is 8.13. The third-order valence-corrected chi connectivity index (χ3v) is 6.44. The molecule has 0 spiro atoms. The van der Waals surface area contributed by atoms with Crippen molar-refractivity contribution < 1.29 is 9.90 Å². The third kappa shape index (κ3) is 3.12. The summed E-state index contributed by atoms with van der Waals surface area (Å²) in [5.74, 6) is 1.31. The maximum absolute atomic E-state index is 12.8. The normalized spacial score (nSPS) is 20.2. The molecule has 1 aromatic carbocycles.